The summed E-state index contributed by atoms with van der Waals surface area (Å²) in [6.45, 7) is 0. The maximum Gasteiger partial charge on any atom is 0.303 e. The molecule has 0 aliphatic heterocycles. The van der Waals surface area contributed by atoms with Crippen LogP contribution in [0.1, 0.15) is 23.1 Å². The fourth-order valence-corrected chi connectivity index (χ4v) is 4.98. The molecule has 0 atom stereocenters. The van der Waals surface area contributed by atoms with E-state index in [1.165, 1.54) is 29.5 Å². The summed E-state index contributed by atoms with van der Waals surface area (Å²) >= 11 is 0. The Morgan fingerprint density at radius 1 is 0.882 bits per heavy atom. The van der Waals surface area contributed by atoms with Gasteiger partial charge in [-0.1, -0.05) is 36.4 Å². The van der Waals surface area contributed by atoms with Crippen LogP contribution < -0.4 is 0 Å². The predicted octanol–water partition coefficient (Wildman–Crippen LogP) is 4.68. The number of aryl methyl sites for hydroxylation is 3. The number of fused-ring (bicyclic) bond motifs is 1. The molecule has 0 unspecified atom stereocenters. The van der Waals surface area contributed by atoms with Gasteiger partial charge in [-0.3, -0.25) is 4.79 Å². The molecule has 1 aromatic heterocycles. The van der Waals surface area contributed by atoms with Crippen molar-refractivity contribution in [1.29, 1.82) is 0 Å². The van der Waals surface area contributed by atoms with E-state index in [4.69, 9.17) is 5.11 Å². The molecule has 0 spiro atoms. The number of sulfonamides is 1. The largest absolute Gasteiger partial charge is 0.481 e. The summed E-state index contributed by atoms with van der Waals surface area (Å²) in [5.74, 6) is -0.810. The Morgan fingerprint density at radius 3 is 2.24 bits per heavy atom. The van der Waals surface area contributed by atoms with Gasteiger partial charge in [-0.25, -0.2) is 12.7 Å². The smallest absolute Gasteiger partial charge is 0.303 e. The number of carboxylic acids is 1. The first-order valence-electron chi connectivity index (χ1n) is 11.2. The maximum atomic E-state index is 12.4. The van der Waals surface area contributed by atoms with Crippen molar-refractivity contribution in [3.05, 3.63) is 95.7 Å². The number of aromatic nitrogens is 1. The zero-order valence-electron chi connectivity index (χ0n) is 19.3. The van der Waals surface area contributed by atoms with Gasteiger partial charge in [0.25, 0.3) is 0 Å². The van der Waals surface area contributed by atoms with Gasteiger partial charge in [0.15, 0.2) is 0 Å². The zero-order chi connectivity index (χ0) is 24.3. The highest BCUT2D eigenvalue weighted by molar-refractivity contribution is 7.89. The topological polar surface area (TPSA) is 79.6 Å². The Kier molecular flexibility index (Phi) is 6.86. The van der Waals surface area contributed by atoms with Crippen LogP contribution >= 0.6 is 0 Å². The van der Waals surface area contributed by atoms with Gasteiger partial charge in [0.05, 0.1) is 10.4 Å². The summed E-state index contributed by atoms with van der Waals surface area (Å²) in [7, 11) is -0.460. The third kappa shape index (κ3) is 5.05. The Bertz CT molecular complexity index is 1410. The highest BCUT2D eigenvalue weighted by atomic mass is 32.2. The van der Waals surface area contributed by atoms with E-state index in [1.54, 1.807) is 12.1 Å². The highest BCUT2D eigenvalue weighted by Gasteiger charge is 2.17. The number of hydrogen-bond acceptors (Lipinski definition) is 3. The fraction of sp³-hybridized carbons (Fsp3) is 0.222. The van der Waals surface area contributed by atoms with Gasteiger partial charge in [0, 0.05) is 37.8 Å². The van der Waals surface area contributed by atoms with E-state index in [9.17, 15) is 13.2 Å². The summed E-state index contributed by atoms with van der Waals surface area (Å²) in [6, 6.07) is 23.2. The third-order valence-electron chi connectivity index (χ3n) is 6.00. The molecule has 4 rings (SSSR count). The van der Waals surface area contributed by atoms with E-state index in [2.05, 4.69) is 29.0 Å². The molecule has 0 saturated heterocycles. The van der Waals surface area contributed by atoms with Gasteiger partial charge < -0.3 is 9.67 Å². The quantitative estimate of drug-likeness (QED) is 0.380. The summed E-state index contributed by atoms with van der Waals surface area (Å²) in [5, 5.41) is 10.2. The van der Waals surface area contributed by atoms with Crippen LogP contribution in [0.3, 0.4) is 0 Å². The van der Waals surface area contributed by atoms with Crippen LogP contribution in [0.5, 0.6) is 0 Å². The Hall–Kier alpha value is -3.42. The van der Waals surface area contributed by atoms with Gasteiger partial charge in [0.2, 0.25) is 10.0 Å². The van der Waals surface area contributed by atoms with Gasteiger partial charge >= 0.3 is 5.97 Å². The van der Waals surface area contributed by atoms with Gasteiger partial charge in [-0.15, -0.1) is 0 Å². The first-order chi connectivity index (χ1) is 16.3. The average molecular weight is 477 g/mol. The summed E-state index contributed by atoms with van der Waals surface area (Å²) in [4.78, 5) is 11.3. The molecule has 3 aromatic carbocycles. The normalized spacial score (nSPS) is 11.9. The lowest BCUT2D eigenvalue weighted by Crippen LogP contribution is -2.22. The lowest BCUT2D eigenvalue weighted by Gasteiger charge is -2.12. The van der Waals surface area contributed by atoms with Crippen LogP contribution in [0.15, 0.2) is 83.9 Å². The molecule has 34 heavy (non-hydrogen) atoms. The zero-order valence-corrected chi connectivity index (χ0v) is 20.1. The van der Waals surface area contributed by atoms with E-state index in [0.29, 0.717) is 6.42 Å². The van der Waals surface area contributed by atoms with E-state index in [1.807, 2.05) is 42.5 Å². The van der Waals surface area contributed by atoms with Crippen LogP contribution in [0.4, 0.5) is 0 Å². The molecule has 6 nitrogen and oxygen atoms in total. The molecule has 7 heteroatoms. The highest BCUT2D eigenvalue weighted by Crippen LogP contribution is 2.28. The number of aliphatic carboxylic acids is 1. The minimum Gasteiger partial charge on any atom is -0.481 e. The van der Waals surface area contributed by atoms with E-state index in [0.717, 1.165) is 35.0 Å². The molecular formula is C27H28N2O4S. The van der Waals surface area contributed by atoms with E-state index in [-0.39, 0.29) is 11.3 Å². The second-order valence-electron chi connectivity index (χ2n) is 8.54. The lowest BCUT2D eigenvalue weighted by molar-refractivity contribution is -0.136. The monoisotopic (exact) mass is 476 g/mol. The van der Waals surface area contributed by atoms with E-state index < -0.39 is 16.0 Å². The van der Waals surface area contributed by atoms with Crippen LogP contribution in [0.2, 0.25) is 0 Å². The van der Waals surface area contributed by atoms with Crippen LogP contribution in [-0.4, -0.2) is 42.5 Å². The van der Waals surface area contributed by atoms with Crippen molar-refractivity contribution in [3.63, 3.8) is 0 Å². The van der Waals surface area contributed by atoms with Gasteiger partial charge in [-0.05, 0) is 72.4 Å². The second kappa shape index (κ2) is 9.83. The molecule has 0 amide bonds. The van der Waals surface area contributed by atoms with Crippen molar-refractivity contribution in [2.24, 2.45) is 0 Å². The van der Waals surface area contributed by atoms with Crippen molar-refractivity contribution in [1.82, 2.24) is 8.87 Å². The molecule has 0 radical (unpaired) electrons. The summed E-state index contributed by atoms with van der Waals surface area (Å²) in [5.41, 5.74) is 5.28. The standard InChI is InChI=1S/C27H28N2O4S/c1-28(2)34(32,33)24-14-12-23(13-15-24)29-19-22(11-8-20-6-4-3-5-7-20)25-18-21(9-16-26(25)29)10-17-27(30)31/h3-7,9,12-16,18-19H,8,10-11,17H2,1-2H3,(H,30,31). The molecule has 0 aliphatic rings. The molecule has 0 saturated carbocycles. The van der Waals surface area contributed by atoms with Crippen molar-refractivity contribution >= 4 is 26.9 Å². The van der Waals surface area contributed by atoms with Crippen LogP contribution in [0.25, 0.3) is 16.6 Å². The van der Waals surface area contributed by atoms with Gasteiger partial charge in [0.1, 0.15) is 0 Å². The number of carbonyl (C=O) groups is 1. The van der Waals surface area contributed by atoms with Crippen molar-refractivity contribution in [3.8, 4) is 5.69 Å². The molecule has 0 bridgehead atoms. The number of hydrogen-bond donors (Lipinski definition) is 1. The molecule has 4 aromatic rings. The molecule has 1 N–H and O–H groups in total. The minimum atomic E-state index is -3.50. The molecular weight excluding hydrogens is 448 g/mol. The predicted molar refractivity (Wildman–Crippen MR) is 134 cm³/mol. The van der Waals surface area contributed by atoms with Gasteiger partial charge in [-0.2, -0.15) is 0 Å². The first kappa shape index (κ1) is 23.7. The Labute approximate surface area is 200 Å². The molecule has 0 fully saturated rings. The molecule has 176 valence electrons. The lowest BCUT2D eigenvalue weighted by atomic mass is 10.0. The summed E-state index contributed by atoms with van der Waals surface area (Å²) in [6.07, 6.45) is 4.39. The van der Waals surface area contributed by atoms with Crippen LogP contribution in [0, 0.1) is 0 Å². The number of carboxylic acid groups (broad SMARTS) is 1. The Morgan fingerprint density at radius 2 is 1.59 bits per heavy atom. The SMILES string of the molecule is CN(C)S(=O)(=O)c1ccc(-n2cc(CCc3ccccc3)c3cc(CCC(=O)O)ccc32)cc1. The first-order valence-corrected chi connectivity index (χ1v) is 12.6. The second-order valence-corrected chi connectivity index (χ2v) is 10.7. The maximum absolute atomic E-state index is 12.4. The van der Waals surface area contributed by atoms with Crippen molar-refractivity contribution in [2.45, 2.75) is 30.6 Å². The summed E-state index contributed by atoms with van der Waals surface area (Å²) < 4.78 is 28.2. The number of nitrogens with zero attached hydrogens (tertiary/aromatic N) is 2. The third-order valence-corrected chi connectivity index (χ3v) is 7.83. The van der Waals surface area contributed by atoms with Crippen molar-refractivity contribution in [2.75, 3.05) is 14.1 Å². The van der Waals surface area contributed by atoms with Crippen molar-refractivity contribution < 1.29 is 18.3 Å². The Balaban J connectivity index is 1.73. The average Bonchev–Trinajstić information content (AvgIpc) is 3.20. The minimum absolute atomic E-state index is 0.0906. The van der Waals surface area contributed by atoms with Crippen LogP contribution in [-0.2, 0) is 34.1 Å². The number of rotatable bonds is 9. The van der Waals surface area contributed by atoms with E-state index >= 15 is 0 Å². The molecule has 0 aliphatic carbocycles. The number of benzene rings is 3. The molecule has 1 heterocycles. The fourth-order valence-electron chi connectivity index (χ4n) is 4.08.